The number of H-pyrrole nitrogens is 1. The summed E-state index contributed by atoms with van der Waals surface area (Å²) in [5, 5.41) is 12.7. The first kappa shape index (κ1) is 21.6. The third-order valence-corrected chi connectivity index (χ3v) is 5.91. The van der Waals surface area contributed by atoms with E-state index in [-0.39, 0.29) is 18.2 Å². The van der Waals surface area contributed by atoms with Gasteiger partial charge >= 0.3 is 0 Å². The van der Waals surface area contributed by atoms with Crippen molar-refractivity contribution in [1.82, 2.24) is 25.1 Å². The summed E-state index contributed by atoms with van der Waals surface area (Å²) in [6, 6.07) is 23.6. The van der Waals surface area contributed by atoms with Crippen molar-refractivity contribution in [2.75, 3.05) is 0 Å². The third-order valence-electron chi connectivity index (χ3n) is 5.58. The molecule has 0 spiro atoms. The maximum atomic E-state index is 13.3. The largest absolute Gasteiger partial charge is 0.351 e. The monoisotopic (exact) mass is 469 g/mol. The summed E-state index contributed by atoms with van der Waals surface area (Å²) in [7, 11) is 0. The summed E-state index contributed by atoms with van der Waals surface area (Å²) in [5.74, 6) is 0.627. The van der Waals surface area contributed by atoms with Crippen LogP contribution in [0.2, 0.25) is 5.02 Å². The Bertz CT molecular complexity index is 1500. The van der Waals surface area contributed by atoms with Crippen molar-refractivity contribution in [3.05, 3.63) is 112 Å². The number of fused-ring (bicyclic) bond motifs is 1. The highest BCUT2D eigenvalue weighted by molar-refractivity contribution is 6.35. The second-order valence-corrected chi connectivity index (χ2v) is 8.19. The molecule has 5 rings (SSSR count). The summed E-state index contributed by atoms with van der Waals surface area (Å²) < 4.78 is 1.77. The summed E-state index contributed by atoms with van der Waals surface area (Å²) in [6.45, 7) is 1.93. The van der Waals surface area contributed by atoms with Crippen LogP contribution >= 0.6 is 11.6 Å². The van der Waals surface area contributed by atoms with Crippen molar-refractivity contribution in [1.29, 1.82) is 0 Å². The Balaban J connectivity index is 1.45. The number of benzene rings is 3. The summed E-state index contributed by atoms with van der Waals surface area (Å²) in [5.41, 5.74) is 2.83. The predicted octanol–water partition coefficient (Wildman–Crippen LogP) is 4.87. The molecule has 2 aromatic heterocycles. The zero-order chi connectivity index (χ0) is 23.7. The molecule has 0 atom stereocenters. The lowest BCUT2D eigenvalue weighted by molar-refractivity contribution is 0.0944. The Labute approximate surface area is 200 Å². The average molecular weight is 470 g/mol. The van der Waals surface area contributed by atoms with Crippen molar-refractivity contribution in [3.63, 3.8) is 0 Å². The van der Waals surface area contributed by atoms with Gasteiger partial charge in [-0.15, -0.1) is 10.2 Å². The van der Waals surface area contributed by atoms with Crippen LogP contribution in [0.5, 0.6) is 0 Å². The van der Waals surface area contributed by atoms with Crippen LogP contribution in [0.4, 0.5) is 0 Å². The SMILES string of the molecule is Cc1nnc(CNC(=O)c2cc3ccccc3[nH]2)n1-c1ccccc1C(=O)c1ccccc1Cl. The Hall–Kier alpha value is -4.23. The van der Waals surface area contributed by atoms with Crippen LogP contribution in [0, 0.1) is 6.92 Å². The van der Waals surface area contributed by atoms with E-state index in [0.29, 0.717) is 39.2 Å². The van der Waals surface area contributed by atoms with Gasteiger partial charge in [-0.1, -0.05) is 54.1 Å². The summed E-state index contributed by atoms with van der Waals surface area (Å²) >= 11 is 6.28. The number of aryl methyl sites for hydroxylation is 1. The standard InChI is InChI=1S/C26H20ClN5O2/c1-16-30-31-24(15-28-26(34)22-14-17-8-2-6-12-21(17)29-22)32(16)23-13-7-4-10-19(23)25(33)18-9-3-5-11-20(18)27/h2-14,29H,15H2,1H3,(H,28,34). The smallest absolute Gasteiger partial charge is 0.268 e. The van der Waals surface area contributed by atoms with E-state index in [1.165, 1.54) is 0 Å². The van der Waals surface area contributed by atoms with E-state index in [1.807, 2.05) is 36.4 Å². The molecule has 3 aromatic carbocycles. The van der Waals surface area contributed by atoms with Gasteiger partial charge in [0, 0.05) is 22.0 Å². The minimum Gasteiger partial charge on any atom is -0.351 e. The lowest BCUT2D eigenvalue weighted by Gasteiger charge is -2.14. The van der Waals surface area contributed by atoms with E-state index in [9.17, 15) is 9.59 Å². The first-order valence-electron chi connectivity index (χ1n) is 10.7. The maximum absolute atomic E-state index is 13.3. The molecule has 7 nitrogen and oxygen atoms in total. The maximum Gasteiger partial charge on any atom is 0.268 e. The Kier molecular flexibility index (Phi) is 5.69. The molecule has 8 heteroatoms. The molecule has 2 N–H and O–H groups in total. The van der Waals surface area contributed by atoms with E-state index >= 15 is 0 Å². The number of rotatable bonds is 6. The van der Waals surface area contributed by atoms with Crippen LogP contribution in [-0.2, 0) is 6.54 Å². The zero-order valence-corrected chi connectivity index (χ0v) is 19.0. The molecule has 0 bridgehead atoms. The second kappa shape index (κ2) is 8.96. The first-order valence-corrected chi connectivity index (χ1v) is 11.1. The van der Waals surface area contributed by atoms with Crippen molar-refractivity contribution in [3.8, 4) is 5.69 Å². The fraction of sp³-hybridized carbons (Fsp3) is 0.0769. The zero-order valence-electron chi connectivity index (χ0n) is 18.2. The molecule has 1 amide bonds. The van der Waals surface area contributed by atoms with Crippen LogP contribution in [-0.4, -0.2) is 31.4 Å². The summed E-state index contributed by atoms with van der Waals surface area (Å²) in [6.07, 6.45) is 0. The predicted molar refractivity (Wildman–Crippen MR) is 130 cm³/mol. The average Bonchev–Trinajstić information content (AvgIpc) is 3.46. The van der Waals surface area contributed by atoms with Gasteiger partial charge in [0.1, 0.15) is 11.5 Å². The van der Waals surface area contributed by atoms with Gasteiger partial charge in [-0.2, -0.15) is 0 Å². The van der Waals surface area contributed by atoms with E-state index < -0.39 is 0 Å². The second-order valence-electron chi connectivity index (χ2n) is 7.78. The van der Waals surface area contributed by atoms with Gasteiger partial charge < -0.3 is 10.3 Å². The van der Waals surface area contributed by atoms with E-state index in [2.05, 4.69) is 20.5 Å². The highest BCUT2D eigenvalue weighted by Crippen LogP contribution is 2.25. The number of carbonyl (C=O) groups is 2. The molecule has 0 saturated heterocycles. The normalized spacial score (nSPS) is 11.0. The molecule has 0 aliphatic carbocycles. The van der Waals surface area contributed by atoms with Crippen LogP contribution in [0.3, 0.4) is 0 Å². The number of carbonyl (C=O) groups excluding carboxylic acids is 2. The van der Waals surface area contributed by atoms with Crippen molar-refractivity contribution in [2.24, 2.45) is 0 Å². The number of nitrogens with one attached hydrogen (secondary N) is 2. The van der Waals surface area contributed by atoms with Crippen molar-refractivity contribution in [2.45, 2.75) is 13.5 Å². The van der Waals surface area contributed by atoms with Gasteiger partial charge in [0.15, 0.2) is 11.6 Å². The van der Waals surface area contributed by atoms with Gasteiger partial charge in [0.25, 0.3) is 5.91 Å². The fourth-order valence-electron chi connectivity index (χ4n) is 3.94. The number of amides is 1. The van der Waals surface area contributed by atoms with Crippen LogP contribution in [0.25, 0.3) is 16.6 Å². The minimum atomic E-state index is -0.260. The molecule has 34 heavy (non-hydrogen) atoms. The van der Waals surface area contributed by atoms with Gasteiger partial charge in [0.05, 0.1) is 17.3 Å². The van der Waals surface area contributed by atoms with Gasteiger partial charge in [-0.05, 0) is 43.3 Å². The number of aromatic nitrogens is 4. The quantitative estimate of drug-likeness (QED) is 0.347. The Morgan fingerprint density at radius 3 is 2.44 bits per heavy atom. The molecule has 0 fully saturated rings. The summed E-state index contributed by atoms with van der Waals surface area (Å²) in [4.78, 5) is 29.2. The van der Waals surface area contributed by atoms with E-state index in [0.717, 1.165) is 10.9 Å². The van der Waals surface area contributed by atoms with Crippen molar-refractivity contribution < 1.29 is 9.59 Å². The molecular weight excluding hydrogens is 450 g/mol. The number of hydrogen-bond acceptors (Lipinski definition) is 4. The number of halogens is 1. The number of ketones is 1. The molecule has 168 valence electrons. The number of aromatic amines is 1. The third kappa shape index (κ3) is 3.97. The van der Waals surface area contributed by atoms with Crippen LogP contribution in [0.15, 0.2) is 78.9 Å². The number of hydrogen-bond donors (Lipinski definition) is 2. The highest BCUT2D eigenvalue weighted by atomic mass is 35.5. The first-order chi connectivity index (χ1) is 16.5. The van der Waals surface area contributed by atoms with Crippen LogP contribution < -0.4 is 5.32 Å². The topological polar surface area (TPSA) is 92.7 Å². The lowest BCUT2D eigenvalue weighted by atomic mass is 10.0. The Morgan fingerprint density at radius 2 is 1.65 bits per heavy atom. The lowest BCUT2D eigenvalue weighted by Crippen LogP contribution is -2.25. The van der Waals surface area contributed by atoms with Crippen LogP contribution in [0.1, 0.15) is 38.1 Å². The van der Waals surface area contributed by atoms with Crippen molar-refractivity contribution >= 4 is 34.2 Å². The highest BCUT2D eigenvalue weighted by Gasteiger charge is 2.21. The molecule has 5 aromatic rings. The number of para-hydroxylation sites is 2. The van der Waals surface area contributed by atoms with Gasteiger partial charge in [-0.25, -0.2) is 0 Å². The van der Waals surface area contributed by atoms with Gasteiger partial charge in [-0.3, -0.25) is 14.2 Å². The molecule has 2 heterocycles. The fourth-order valence-corrected chi connectivity index (χ4v) is 4.16. The molecular formula is C26H20ClN5O2. The minimum absolute atomic E-state index is 0.129. The van der Waals surface area contributed by atoms with Gasteiger partial charge in [0.2, 0.25) is 0 Å². The Morgan fingerprint density at radius 1 is 0.941 bits per heavy atom. The molecule has 0 unspecified atom stereocenters. The molecule has 0 radical (unpaired) electrons. The molecule has 0 aliphatic rings. The van der Waals surface area contributed by atoms with E-state index in [4.69, 9.17) is 11.6 Å². The molecule has 0 saturated carbocycles. The van der Waals surface area contributed by atoms with E-state index in [1.54, 1.807) is 54.0 Å². The molecule has 0 aliphatic heterocycles. The number of nitrogens with zero attached hydrogens (tertiary/aromatic N) is 3.